The zero-order valence-corrected chi connectivity index (χ0v) is 12.3. The summed E-state index contributed by atoms with van der Waals surface area (Å²) in [4.78, 5) is 4.49. The van der Waals surface area contributed by atoms with Gasteiger partial charge in [-0.05, 0) is 24.3 Å². The summed E-state index contributed by atoms with van der Waals surface area (Å²) < 4.78 is 7.59. The van der Waals surface area contributed by atoms with Gasteiger partial charge >= 0.3 is 0 Å². The lowest BCUT2D eigenvalue weighted by molar-refractivity contribution is 0.415. The second-order valence-electron chi connectivity index (χ2n) is 4.59. The quantitative estimate of drug-likeness (QED) is 0.447. The van der Waals surface area contributed by atoms with E-state index in [1.807, 2.05) is 24.3 Å². The topological polar surface area (TPSA) is 22.1 Å². The van der Waals surface area contributed by atoms with E-state index < -0.39 is 0 Å². The van der Waals surface area contributed by atoms with Gasteiger partial charge in [-0.1, -0.05) is 29.8 Å². The number of ether oxygens (including phenoxy) is 1. The van der Waals surface area contributed by atoms with Crippen molar-refractivity contribution in [2.24, 2.45) is 0 Å². The van der Waals surface area contributed by atoms with Crippen LogP contribution in [0.15, 0.2) is 42.5 Å². The summed E-state index contributed by atoms with van der Waals surface area (Å²) >= 11 is 8.03. The van der Waals surface area contributed by atoms with Gasteiger partial charge in [0.1, 0.15) is 10.9 Å². The van der Waals surface area contributed by atoms with Crippen molar-refractivity contribution in [3.05, 3.63) is 47.6 Å². The highest BCUT2D eigenvalue weighted by Crippen LogP contribution is 2.41. The fourth-order valence-electron chi connectivity index (χ4n) is 2.55. The van der Waals surface area contributed by atoms with Crippen LogP contribution in [0, 0.1) is 0 Å². The molecule has 0 radical (unpaired) electrons. The van der Waals surface area contributed by atoms with E-state index in [1.165, 1.54) is 15.5 Å². The molecule has 0 fully saturated rings. The first-order valence-corrected chi connectivity index (χ1v) is 7.42. The summed E-state index contributed by atoms with van der Waals surface area (Å²) in [5.74, 6) is 0.832. The number of pyridine rings is 1. The summed E-state index contributed by atoms with van der Waals surface area (Å²) in [6.45, 7) is 0. The number of fused-ring (bicyclic) bond motifs is 5. The molecule has 0 unspecified atom stereocenters. The molecule has 2 heterocycles. The van der Waals surface area contributed by atoms with E-state index in [9.17, 15) is 0 Å². The molecular formula is C16H10ClNOS. The van der Waals surface area contributed by atoms with Crippen LogP contribution in [-0.4, -0.2) is 12.1 Å². The Morgan fingerprint density at radius 2 is 1.95 bits per heavy atom. The third kappa shape index (κ3) is 1.60. The van der Waals surface area contributed by atoms with Gasteiger partial charge in [-0.2, -0.15) is 0 Å². The molecule has 0 aliphatic rings. The summed E-state index contributed by atoms with van der Waals surface area (Å²) in [6.07, 6.45) is 0. The predicted octanol–water partition coefficient (Wildman–Crippen LogP) is 5.26. The van der Waals surface area contributed by atoms with Gasteiger partial charge in [0.05, 0.1) is 17.3 Å². The Bertz CT molecular complexity index is 961. The maximum absolute atomic E-state index is 6.35. The maximum Gasteiger partial charge on any atom is 0.147 e. The van der Waals surface area contributed by atoms with Crippen molar-refractivity contribution < 1.29 is 4.74 Å². The first kappa shape index (κ1) is 11.9. The molecule has 0 aliphatic heterocycles. The van der Waals surface area contributed by atoms with Crippen LogP contribution in [0.2, 0.25) is 5.15 Å². The van der Waals surface area contributed by atoms with Crippen molar-refractivity contribution in [1.82, 2.24) is 4.98 Å². The van der Waals surface area contributed by atoms with Crippen molar-refractivity contribution in [2.75, 3.05) is 7.11 Å². The number of rotatable bonds is 1. The van der Waals surface area contributed by atoms with Gasteiger partial charge in [-0.25, -0.2) is 4.98 Å². The molecule has 0 atom stereocenters. The number of halogens is 1. The van der Waals surface area contributed by atoms with E-state index in [0.717, 1.165) is 21.4 Å². The Kier molecular flexibility index (Phi) is 2.59. The van der Waals surface area contributed by atoms with Crippen LogP contribution < -0.4 is 4.74 Å². The standard InChI is InChI=1S/C16H10ClNOS/c1-19-9-6-7-12-11(8-9)14-10-4-2-3-5-13(10)20-15(14)16(17)18-12/h2-8H,1H3. The summed E-state index contributed by atoms with van der Waals surface area (Å²) in [5, 5.41) is 4.04. The molecule has 0 bridgehead atoms. The minimum atomic E-state index is 0.568. The number of hydrogen-bond acceptors (Lipinski definition) is 3. The Morgan fingerprint density at radius 3 is 2.80 bits per heavy atom. The molecule has 20 heavy (non-hydrogen) atoms. The third-order valence-corrected chi connectivity index (χ3v) is 5.04. The molecule has 0 N–H and O–H groups in total. The van der Waals surface area contributed by atoms with Gasteiger partial charge < -0.3 is 4.74 Å². The molecule has 0 spiro atoms. The fraction of sp³-hybridized carbons (Fsp3) is 0.0625. The lowest BCUT2D eigenvalue weighted by atomic mass is 10.1. The minimum absolute atomic E-state index is 0.568. The summed E-state index contributed by atoms with van der Waals surface area (Å²) in [6, 6.07) is 14.2. The van der Waals surface area contributed by atoms with Gasteiger partial charge in [-0.3, -0.25) is 0 Å². The van der Waals surface area contributed by atoms with Gasteiger partial charge in [0.15, 0.2) is 0 Å². The van der Waals surface area contributed by atoms with Gasteiger partial charge in [0.2, 0.25) is 0 Å². The van der Waals surface area contributed by atoms with Crippen molar-refractivity contribution >= 4 is 54.0 Å². The highest BCUT2D eigenvalue weighted by Gasteiger charge is 2.13. The largest absolute Gasteiger partial charge is 0.497 e. The zero-order chi connectivity index (χ0) is 13.7. The monoisotopic (exact) mass is 299 g/mol. The first-order valence-electron chi connectivity index (χ1n) is 6.22. The maximum atomic E-state index is 6.35. The SMILES string of the molecule is COc1ccc2nc(Cl)c3sc4ccccc4c3c2c1. The molecule has 2 aromatic heterocycles. The Balaban J connectivity index is 2.31. The average Bonchev–Trinajstić information content (AvgIpc) is 2.87. The van der Waals surface area contributed by atoms with E-state index in [-0.39, 0.29) is 0 Å². The molecule has 0 amide bonds. The van der Waals surface area contributed by atoms with Crippen LogP contribution in [0.3, 0.4) is 0 Å². The Labute approximate surface area is 124 Å². The van der Waals surface area contributed by atoms with Crippen LogP contribution in [0.5, 0.6) is 5.75 Å². The molecule has 0 aliphatic carbocycles. The van der Waals surface area contributed by atoms with Crippen LogP contribution >= 0.6 is 22.9 Å². The van der Waals surface area contributed by atoms with Crippen LogP contribution in [0.25, 0.3) is 31.1 Å². The number of aromatic nitrogens is 1. The Morgan fingerprint density at radius 1 is 1.10 bits per heavy atom. The van der Waals surface area contributed by atoms with Crippen molar-refractivity contribution in [3.8, 4) is 5.75 Å². The molecule has 4 aromatic rings. The molecule has 2 aromatic carbocycles. The Hall–Kier alpha value is -1.84. The van der Waals surface area contributed by atoms with Crippen LogP contribution in [-0.2, 0) is 0 Å². The van der Waals surface area contributed by atoms with Gasteiger partial charge in [0, 0.05) is 20.9 Å². The highest BCUT2D eigenvalue weighted by atomic mass is 35.5. The predicted molar refractivity (Wildman–Crippen MR) is 86.2 cm³/mol. The third-order valence-electron chi connectivity index (χ3n) is 3.47. The second kappa shape index (κ2) is 4.33. The summed E-state index contributed by atoms with van der Waals surface area (Å²) in [7, 11) is 1.67. The summed E-state index contributed by atoms with van der Waals surface area (Å²) in [5.41, 5.74) is 0.895. The van der Waals surface area contributed by atoms with E-state index in [1.54, 1.807) is 18.4 Å². The van der Waals surface area contributed by atoms with E-state index in [2.05, 4.69) is 23.2 Å². The molecule has 4 heteroatoms. The van der Waals surface area contributed by atoms with Crippen molar-refractivity contribution in [2.45, 2.75) is 0 Å². The van der Waals surface area contributed by atoms with Gasteiger partial charge in [-0.15, -0.1) is 11.3 Å². The number of thiophene rings is 1. The van der Waals surface area contributed by atoms with E-state index in [0.29, 0.717) is 5.15 Å². The van der Waals surface area contributed by atoms with E-state index >= 15 is 0 Å². The van der Waals surface area contributed by atoms with Gasteiger partial charge in [0.25, 0.3) is 0 Å². The zero-order valence-electron chi connectivity index (χ0n) is 10.7. The minimum Gasteiger partial charge on any atom is -0.497 e. The normalized spacial score (nSPS) is 11.5. The lowest BCUT2D eigenvalue weighted by Crippen LogP contribution is -1.85. The second-order valence-corrected chi connectivity index (χ2v) is 6.00. The number of nitrogens with zero attached hydrogens (tertiary/aromatic N) is 1. The smallest absolute Gasteiger partial charge is 0.147 e. The molecule has 98 valence electrons. The molecule has 4 rings (SSSR count). The number of benzene rings is 2. The van der Waals surface area contributed by atoms with E-state index in [4.69, 9.17) is 16.3 Å². The van der Waals surface area contributed by atoms with Crippen LogP contribution in [0.4, 0.5) is 0 Å². The molecule has 0 saturated heterocycles. The number of methoxy groups -OCH3 is 1. The molecule has 0 saturated carbocycles. The fourth-order valence-corrected chi connectivity index (χ4v) is 3.95. The number of hydrogen-bond donors (Lipinski definition) is 0. The lowest BCUT2D eigenvalue weighted by Gasteiger charge is -2.05. The van der Waals surface area contributed by atoms with Crippen molar-refractivity contribution in [3.63, 3.8) is 0 Å². The average molecular weight is 300 g/mol. The molecular weight excluding hydrogens is 290 g/mol. The van der Waals surface area contributed by atoms with Crippen molar-refractivity contribution in [1.29, 1.82) is 0 Å². The highest BCUT2D eigenvalue weighted by molar-refractivity contribution is 7.26. The first-order chi connectivity index (χ1) is 9.78. The molecule has 2 nitrogen and oxygen atoms in total. The van der Waals surface area contributed by atoms with Crippen LogP contribution in [0.1, 0.15) is 0 Å².